The van der Waals surface area contributed by atoms with E-state index in [9.17, 15) is 0 Å². The van der Waals surface area contributed by atoms with Gasteiger partial charge >= 0.3 is 0 Å². The number of hydrogen-bond donors (Lipinski definition) is 1. The maximum Gasteiger partial charge on any atom is 0.232 e. The molecular formula is C19H17BrN4. The number of anilines is 4. The lowest BCUT2D eigenvalue weighted by molar-refractivity contribution is 0.931. The number of aryl methyl sites for hydroxylation is 1. The van der Waals surface area contributed by atoms with Gasteiger partial charge in [-0.25, -0.2) is 4.98 Å². The van der Waals surface area contributed by atoms with Crippen molar-refractivity contribution in [2.75, 3.05) is 16.8 Å². The molecule has 2 heterocycles. The first-order valence-electron chi connectivity index (χ1n) is 7.93. The van der Waals surface area contributed by atoms with E-state index in [-0.39, 0.29) is 0 Å². The number of rotatable bonds is 3. The van der Waals surface area contributed by atoms with Gasteiger partial charge in [0.25, 0.3) is 0 Å². The second kappa shape index (κ2) is 6.24. The van der Waals surface area contributed by atoms with Crippen LogP contribution in [0.25, 0.3) is 0 Å². The van der Waals surface area contributed by atoms with E-state index >= 15 is 0 Å². The lowest BCUT2D eigenvalue weighted by Crippen LogP contribution is -2.17. The number of para-hydroxylation sites is 1. The van der Waals surface area contributed by atoms with Gasteiger partial charge in [0.05, 0.1) is 0 Å². The standard InChI is InChI=1S/C19H17BrN4/c1-13-11-18(22-16-7-4-6-15(20)12-16)23-19(21-13)24-10-9-14-5-2-3-8-17(14)24/h2-8,11-12H,9-10H2,1H3,(H,21,22,23). The molecule has 1 aliphatic heterocycles. The largest absolute Gasteiger partial charge is 0.340 e. The van der Waals surface area contributed by atoms with Crippen LogP contribution in [0.2, 0.25) is 0 Å². The molecule has 1 aliphatic rings. The first kappa shape index (κ1) is 15.1. The van der Waals surface area contributed by atoms with Crippen LogP contribution in [0.1, 0.15) is 11.3 Å². The van der Waals surface area contributed by atoms with Crippen molar-refractivity contribution in [3.63, 3.8) is 0 Å². The second-order valence-corrected chi connectivity index (χ2v) is 6.78. The highest BCUT2D eigenvalue weighted by Crippen LogP contribution is 2.33. The zero-order chi connectivity index (χ0) is 16.5. The summed E-state index contributed by atoms with van der Waals surface area (Å²) in [5.74, 6) is 1.55. The van der Waals surface area contributed by atoms with Gasteiger partial charge in [-0.2, -0.15) is 4.98 Å². The smallest absolute Gasteiger partial charge is 0.232 e. The molecule has 0 spiro atoms. The number of hydrogen-bond acceptors (Lipinski definition) is 4. The summed E-state index contributed by atoms with van der Waals surface area (Å²) in [7, 11) is 0. The van der Waals surface area contributed by atoms with Crippen LogP contribution in [0, 0.1) is 6.92 Å². The Morgan fingerprint density at radius 3 is 2.79 bits per heavy atom. The molecule has 1 aromatic heterocycles. The molecule has 3 aromatic rings. The molecule has 0 radical (unpaired) electrons. The summed E-state index contributed by atoms with van der Waals surface area (Å²) in [5, 5.41) is 3.37. The van der Waals surface area contributed by atoms with Crippen molar-refractivity contribution in [3.8, 4) is 0 Å². The van der Waals surface area contributed by atoms with Crippen LogP contribution >= 0.6 is 15.9 Å². The quantitative estimate of drug-likeness (QED) is 0.694. The number of aromatic nitrogens is 2. The molecule has 0 aliphatic carbocycles. The van der Waals surface area contributed by atoms with Crippen molar-refractivity contribution in [1.82, 2.24) is 9.97 Å². The molecule has 0 saturated heterocycles. The van der Waals surface area contributed by atoms with E-state index in [1.807, 2.05) is 37.3 Å². The molecule has 0 bridgehead atoms. The van der Waals surface area contributed by atoms with Crippen LogP contribution in [-0.2, 0) is 6.42 Å². The van der Waals surface area contributed by atoms with E-state index in [1.165, 1.54) is 11.3 Å². The minimum absolute atomic E-state index is 0.748. The molecule has 0 atom stereocenters. The third kappa shape index (κ3) is 2.99. The Kier molecular flexibility index (Phi) is 3.94. The van der Waals surface area contributed by atoms with E-state index in [1.54, 1.807) is 0 Å². The van der Waals surface area contributed by atoms with E-state index in [2.05, 4.69) is 55.4 Å². The minimum atomic E-state index is 0.748. The van der Waals surface area contributed by atoms with Crippen LogP contribution < -0.4 is 10.2 Å². The minimum Gasteiger partial charge on any atom is -0.340 e. The summed E-state index contributed by atoms with van der Waals surface area (Å²) < 4.78 is 1.03. The summed E-state index contributed by atoms with van der Waals surface area (Å²) in [5.41, 5.74) is 4.50. The molecule has 0 amide bonds. The number of nitrogens with zero attached hydrogens (tertiary/aromatic N) is 3. The maximum atomic E-state index is 4.73. The fourth-order valence-corrected chi connectivity index (χ4v) is 3.40. The zero-order valence-electron chi connectivity index (χ0n) is 13.3. The fraction of sp³-hybridized carbons (Fsp3) is 0.158. The van der Waals surface area contributed by atoms with Gasteiger partial charge in [-0.3, -0.25) is 0 Å². The van der Waals surface area contributed by atoms with Crippen LogP contribution in [0.4, 0.5) is 23.1 Å². The molecule has 4 nitrogen and oxygen atoms in total. The lowest BCUT2D eigenvalue weighted by atomic mass is 10.2. The van der Waals surface area contributed by atoms with E-state index in [0.29, 0.717) is 0 Å². The third-order valence-corrected chi connectivity index (χ3v) is 4.56. The third-order valence-electron chi connectivity index (χ3n) is 4.07. The first-order valence-corrected chi connectivity index (χ1v) is 8.72. The number of benzene rings is 2. The summed E-state index contributed by atoms with van der Waals surface area (Å²) in [6, 6.07) is 18.5. The Bertz CT molecular complexity index is 894. The Balaban J connectivity index is 1.67. The van der Waals surface area contributed by atoms with Crippen molar-refractivity contribution in [1.29, 1.82) is 0 Å². The normalized spacial score (nSPS) is 13.0. The molecule has 24 heavy (non-hydrogen) atoms. The molecule has 2 aromatic carbocycles. The van der Waals surface area contributed by atoms with Gasteiger partial charge in [0.2, 0.25) is 5.95 Å². The molecule has 120 valence electrons. The summed E-state index contributed by atoms with van der Waals surface area (Å²) in [4.78, 5) is 11.6. The van der Waals surface area contributed by atoms with E-state index in [4.69, 9.17) is 4.98 Å². The van der Waals surface area contributed by atoms with E-state index < -0.39 is 0 Å². The predicted octanol–water partition coefficient (Wildman–Crippen LogP) is 4.99. The Hall–Kier alpha value is -2.40. The fourth-order valence-electron chi connectivity index (χ4n) is 3.00. The zero-order valence-corrected chi connectivity index (χ0v) is 14.9. The number of nitrogens with one attached hydrogen (secondary N) is 1. The predicted molar refractivity (Wildman–Crippen MR) is 101 cm³/mol. The Morgan fingerprint density at radius 1 is 1.04 bits per heavy atom. The van der Waals surface area contributed by atoms with Crippen molar-refractivity contribution < 1.29 is 0 Å². The highest BCUT2D eigenvalue weighted by molar-refractivity contribution is 9.10. The SMILES string of the molecule is Cc1cc(Nc2cccc(Br)c2)nc(N2CCc3ccccc32)n1. The van der Waals surface area contributed by atoms with Crippen LogP contribution in [-0.4, -0.2) is 16.5 Å². The van der Waals surface area contributed by atoms with Crippen LogP contribution in [0.15, 0.2) is 59.1 Å². The van der Waals surface area contributed by atoms with Gasteiger partial charge in [-0.15, -0.1) is 0 Å². The molecule has 4 rings (SSSR count). The van der Waals surface area contributed by atoms with Gasteiger partial charge in [-0.05, 0) is 43.2 Å². The Labute approximate surface area is 149 Å². The highest BCUT2D eigenvalue weighted by atomic mass is 79.9. The second-order valence-electron chi connectivity index (χ2n) is 5.86. The maximum absolute atomic E-state index is 4.73. The van der Waals surface area contributed by atoms with E-state index in [0.717, 1.165) is 40.6 Å². The average molecular weight is 381 g/mol. The van der Waals surface area contributed by atoms with Gasteiger partial charge in [0, 0.05) is 34.2 Å². The highest BCUT2D eigenvalue weighted by Gasteiger charge is 2.22. The molecule has 0 unspecified atom stereocenters. The number of halogens is 1. The van der Waals surface area contributed by atoms with Crippen molar-refractivity contribution in [2.45, 2.75) is 13.3 Å². The average Bonchev–Trinajstić information content (AvgIpc) is 2.98. The van der Waals surface area contributed by atoms with Crippen molar-refractivity contribution in [2.24, 2.45) is 0 Å². The molecule has 0 fully saturated rings. The summed E-state index contributed by atoms with van der Waals surface area (Å²) >= 11 is 3.50. The lowest BCUT2D eigenvalue weighted by Gasteiger charge is -2.18. The summed E-state index contributed by atoms with van der Waals surface area (Å²) in [6.45, 7) is 2.92. The van der Waals surface area contributed by atoms with Gasteiger partial charge in [0.1, 0.15) is 5.82 Å². The number of fused-ring (bicyclic) bond motifs is 1. The van der Waals surface area contributed by atoms with Crippen LogP contribution in [0.5, 0.6) is 0 Å². The van der Waals surface area contributed by atoms with Crippen LogP contribution in [0.3, 0.4) is 0 Å². The van der Waals surface area contributed by atoms with Crippen molar-refractivity contribution in [3.05, 3.63) is 70.3 Å². The monoisotopic (exact) mass is 380 g/mol. The van der Waals surface area contributed by atoms with Gasteiger partial charge in [-0.1, -0.05) is 40.2 Å². The van der Waals surface area contributed by atoms with Gasteiger partial charge in [0.15, 0.2) is 0 Å². The topological polar surface area (TPSA) is 41.1 Å². The van der Waals surface area contributed by atoms with Crippen molar-refractivity contribution >= 4 is 39.1 Å². The molecule has 1 N–H and O–H groups in total. The van der Waals surface area contributed by atoms with Gasteiger partial charge < -0.3 is 10.2 Å². The first-order chi connectivity index (χ1) is 11.7. The molecular weight excluding hydrogens is 364 g/mol. The molecule has 0 saturated carbocycles. The molecule has 5 heteroatoms. The summed E-state index contributed by atoms with van der Waals surface area (Å²) in [6.07, 6.45) is 1.03. The Morgan fingerprint density at radius 2 is 1.92 bits per heavy atom.